The topological polar surface area (TPSA) is 59.1 Å². The molecular weight excluding hydrogens is 316 g/mol. The fourth-order valence-corrected chi connectivity index (χ4v) is 4.31. The van der Waals surface area contributed by atoms with E-state index in [0.717, 1.165) is 28.6 Å². The maximum Gasteiger partial charge on any atom is 0.263 e. The lowest BCUT2D eigenvalue weighted by Crippen LogP contribution is -2.12. The van der Waals surface area contributed by atoms with E-state index in [9.17, 15) is 8.42 Å². The number of hydrogen-bond acceptors (Lipinski definition) is 4. The van der Waals surface area contributed by atoms with Crippen LogP contribution < -0.4 is 4.72 Å². The van der Waals surface area contributed by atoms with Crippen LogP contribution >= 0.6 is 11.3 Å². The summed E-state index contributed by atoms with van der Waals surface area (Å²) in [5, 5.41) is 0.388. The second-order valence-electron chi connectivity index (χ2n) is 4.99. The third kappa shape index (κ3) is 3.13. The van der Waals surface area contributed by atoms with Crippen molar-refractivity contribution in [2.45, 2.75) is 24.7 Å². The molecule has 0 aliphatic carbocycles. The van der Waals surface area contributed by atoms with Crippen LogP contribution in [0.2, 0.25) is 0 Å². The molecule has 0 fully saturated rings. The molecule has 0 saturated heterocycles. The number of hydrogen-bond donors (Lipinski definition) is 1. The number of aromatic nitrogens is 1. The molecule has 0 aliphatic rings. The smallest absolute Gasteiger partial charge is 0.255 e. The number of para-hydroxylation sites is 1. The van der Waals surface area contributed by atoms with Gasteiger partial charge in [-0.25, -0.2) is 13.4 Å². The number of benzene rings is 2. The second-order valence-corrected chi connectivity index (χ2v) is 7.70. The van der Waals surface area contributed by atoms with Crippen molar-refractivity contribution in [1.82, 2.24) is 4.98 Å². The van der Waals surface area contributed by atoms with E-state index in [-0.39, 0.29) is 4.90 Å². The molecule has 0 aliphatic heterocycles. The van der Waals surface area contributed by atoms with E-state index in [1.165, 1.54) is 11.3 Å². The molecule has 0 saturated carbocycles. The van der Waals surface area contributed by atoms with Gasteiger partial charge in [0.25, 0.3) is 10.0 Å². The number of thiazole rings is 1. The summed E-state index contributed by atoms with van der Waals surface area (Å²) in [4.78, 5) is 4.55. The molecule has 22 heavy (non-hydrogen) atoms. The van der Waals surface area contributed by atoms with Crippen LogP contribution in [0.3, 0.4) is 0 Å². The first-order valence-electron chi connectivity index (χ1n) is 7.06. The van der Waals surface area contributed by atoms with Crippen LogP contribution in [0.25, 0.3) is 10.2 Å². The van der Waals surface area contributed by atoms with Gasteiger partial charge in [0.2, 0.25) is 0 Å². The van der Waals surface area contributed by atoms with Crippen LogP contribution in [0.4, 0.5) is 5.13 Å². The molecule has 0 radical (unpaired) electrons. The lowest BCUT2D eigenvalue weighted by molar-refractivity contribution is 0.601. The second kappa shape index (κ2) is 6.06. The Morgan fingerprint density at radius 2 is 1.82 bits per heavy atom. The number of nitrogens with one attached hydrogen (secondary N) is 1. The Balaban J connectivity index is 1.86. The van der Waals surface area contributed by atoms with Gasteiger partial charge in [0.1, 0.15) is 0 Å². The van der Waals surface area contributed by atoms with Crippen LogP contribution in [-0.4, -0.2) is 13.4 Å². The largest absolute Gasteiger partial charge is 0.263 e. The Bertz CT molecular complexity index is 851. The highest BCUT2D eigenvalue weighted by molar-refractivity contribution is 7.93. The summed E-state index contributed by atoms with van der Waals surface area (Å²) < 4.78 is 28.3. The third-order valence-corrected chi connectivity index (χ3v) is 5.72. The Labute approximate surface area is 133 Å². The van der Waals surface area contributed by atoms with Gasteiger partial charge in [0.05, 0.1) is 15.1 Å². The van der Waals surface area contributed by atoms with E-state index in [1.54, 1.807) is 12.1 Å². The molecule has 0 atom stereocenters. The highest BCUT2D eigenvalue weighted by atomic mass is 32.2. The minimum atomic E-state index is -3.59. The first-order valence-corrected chi connectivity index (χ1v) is 9.36. The highest BCUT2D eigenvalue weighted by Crippen LogP contribution is 2.27. The minimum Gasteiger partial charge on any atom is -0.255 e. The zero-order valence-corrected chi connectivity index (χ0v) is 13.7. The monoisotopic (exact) mass is 332 g/mol. The fourth-order valence-electron chi connectivity index (χ4n) is 2.21. The quantitative estimate of drug-likeness (QED) is 0.767. The van der Waals surface area contributed by atoms with Gasteiger partial charge < -0.3 is 0 Å². The predicted octanol–water partition coefficient (Wildman–Crippen LogP) is 4.05. The molecule has 3 aromatic rings. The standard InChI is InChI=1S/C16H16N2O2S2/c1-2-5-12-8-10-13(11-9-12)22(19,20)18-16-17-14-6-3-4-7-15(14)21-16/h3-4,6-11H,2,5H2,1H3,(H,17,18). The van der Waals surface area contributed by atoms with Crippen molar-refractivity contribution in [1.29, 1.82) is 0 Å². The van der Waals surface area contributed by atoms with Gasteiger partial charge >= 0.3 is 0 Å². The lowest BCUT2D eigenvalue weighted by atomic mass is 10.1. The van der Waals surface area contributed by atoms with E-state index < -0.39 is 10.0 Å². The summed E-state index contributed by atoms with van der Waals surface area (Å²) in [5.41, 5.74) is 1.94. The summed E-state index contributed by atoms with van der Waals surface area (Å²) in [5.74, 6) is 0. The lowest BCUT2D eigenvalue weighted by Gasteiger charge is -2.06. The normalized spacial score (nSPS) is 11.7. The maximum absolute atomic E-state index is 12.4. The molecule has 0 spiro atoms. The summed E-state index contributed by atoms with van der Waals surface area (Å²) in [6.45, 7) is 2.10. The van der Waals surface area contributed by atoms with E-state index in [1.807, 2.05) is 36.4 Å². The number of fused-ring (bicyclic) bond motifs is 1. The molecule has 0 bridgehead atoms. The third-order valence-electron chi connectivity index (χ3n) is 3.29. The van der Waals surface area contributed by atoms with Crippen molar-refractivity contribution < 1.29 is 8.42 Å². The molecule has 114 valence electrons. The number of rotatable bonds is 5. The molecule has 4 nitrogen and oxygen atoms in total. The molecule has 1 heterocycles. The van der Waals surface area contributed by atoms with Gasteiger partial charge in [-0.15, -0.1) is 0 Å². The number of anilines is 1. The number of sulfonamides is 1. The Hall–Kier alpha value is -1.92. The molecular formula is C16H16N2O2S2. The summed E-state index contributed by atoms with van der Waals surface area (Å²) in [6, 6.07) is 14.6. The number of nitrogens with zero attached hydrogens (tertiary/aromatic N) is 1. The molecule has 1 aromatic heterocycles. The van der Waals surface area contributed by atoms with E-state index in [2.05, 4.69) is 16.6 Å². The Morgan fingerprint density at radius 3 is 2.50 bits per heavy atom. The molecule has 2 aromatic carbocycles. The van der Waals surface area contributed by atoms with Gasteiger partial charge in [-0.05, 0) is 36.2 Å². The van der Waals surface area contributed by atoms with Crippen molar-refractivity contribution in [3.8, 4) is 0 Å². The van der Waals surface area contributed by atoms with Crippen molar-refractivity contribution in [3.05, 3.63) is 54.1 Å². The molecule has 0 amide bonds. The average Bonchev–Trinajstić information content (AvgIpc) is 2.89. The first-order chi connectivity index (χ1) is 10.6. The highest BCUT2D eigenvalue weighted by Gasteiger charge is 2.16. The predicted molar refractivity (Wildman–Crippen MR) is 90.9 cm³/mol. The first kappa shape index (κ1) is 15.0. The zero-order valence-electron chi connectivity index (χ0n) is 12.1. The van der Waals surface area contributed by atoms with Crippen LogP contribution in [0.15, 0.2) is 53.4 Å². The molecule has 0 unspecified atom stereocenters. The van der Waals surface area contributed by atoms with Crippen molar-refractivity contribution in [2.24, 2.45) is 0 Å². The van der Waals surface area contributed by atoms with E-state index in [4.69, 9.17) is 0 Å². The van der Waals surface area contributed by atoms with Crippen LogP contribution in [0.1, 0.15) is 18.9 Å². The Morgan fingerprint density at radius 1 is 1.09 bits per heavy atom. The van der Waals surface area contributed by atoms with Gasteiger partial charge in [0, 0.05) is 0 Å². The van der Waals surface area contributed by atoms with Crippen molar-refractivity contribution in [2.75, 3.05) is 4.72 Å². The van der Waals surface area contributed by atoms with Crippen LogP contribution in [0, 0.1) is 0 Å². The maximum atomic E-state index is 12.4. The average molecular weight is 332 g/mol. The van der Waals surface area contributed by atoms with E-state index in [0.29, 0.717) is 5.13 Å². The summed E-state index contributed by atoms with van der Waals surface area (Å²) in [6.07, 6.45) is 1.99. The number of aryl methyl sites for hydroxylation is 1. The fraction of sp³-hybridized carbons (Fsp3) is 0.188. The SMILES string of the molecule is CCCc1ccc(S(=O)(=O)Nc2nc3ccccc3s2)cc1. The van der Waals surface area contributed by atoms with Gasteiger partial charge in [0.15, 0.2) is 5.13 Å². The Kier molecular flexibility index (Phi) is 4.13. The van der Waals surface area contributed by atoms with Crippen molar-refractivity contribution >= 4 is 36.7 Å². The summed E-state index contributed by atoms with van der Waals surface area (Å²) in [7, 11) is -3.59. The molecule has 3 rings (SSSR count). The molecule has 6 heteroatoms. The van der Waals surface area contributed by atoms with Crippen molar-refractivity contribution in [3.63, 3.8) is 0 Å². The zero-order chi connectivity index (χ0) is 15.6. The van der Waals surface area contributed by atoms with Gasteiger partial charge in [-0.3, -0.25) is 4.72 Å². The minimum absolute atomic E-state index is 0.256. The van der Waals surface area contributed by atoms with Gasteiger partial charge in [-0.2, -0.15) is 0 Å². The van der Waals surface area contributed by atoms with E-state index >= 15 is 0 Å². The molecule has 1 N–H and O–H groups in total. The van der Waals surface area contributed by atoms with Crippen LogP contribution in [-0.2, 0) is 16.4 Å². The van der Waals surface area contributed by atoms with Gasteiger partial charge in [-0.1, -0.05) is 48.9 Å². The van der Waals surface area contributed by atoms with Crippen LogP contribution in [0.5, 0.6) is 0 Å². The summed E-state index contributed by atoms with van der Waals surface area (Å²) >= 11 is 1.33.